The topological polar surface area (TPSA) is 67.9 Å². The van der Waals surface area contributed by atoms with Crippen molar-refractivity contribution in [2.24, 2.45) is 0 Å². The van der Waals surface area contributed by atoms with Crippen molar-refractivity contribution in [1.29, 1.82) is 0 Å². The number of amides is 2. The van der Waals surface area contributed by atoms with E-state index in [1.54, 1.807) is 11.8 Å². The van der Waals surface area contributed by atoms with E-state index in [2.05, 4.69) is 5.32 Å². The van der Waals surface area contributed by atoms with E-state index < -0.39 is 6.04 Å². The van der Waals surface area contributed by atoms with E-state index in [9.17, 15) is 9.59 Å². The van der Waals surface area contributed by atoms with E-state index in [0.717, 1.165) is 28.2 Å². The summed E-state index contributed by atoms with van der Waals surface area (Å²) in [6, 6.07) is 13.3. The molecule has 1 aliphatic rings. The Labute approximate surface area is 184 Å². The van der Waals surface area contributed by atoms with Gasteiger partial charge in [-0.15, -0.1) is 0 Å². The number of carbonyl (C=O) groups is 2. The Hall–Kier alpha value is -3.02. The molecule has 0 aromatic heterocycles. The number of nitrogens with zero attached hydrogens (tertiary/aromatic N) is 1. The molecule has 0 radical (unpaired) electrons. The first kappa shape index (κ1) is 22.7. The van der Waals surface area contributed by atoms with Crippen LogP contribution >= 0.6 is 0 Å². The van der Waals surface area contributed by atoms with Crippen LogP contribution in [0.15, 0.2) is 42.5 Å². The Morgan fingerprint density at radius 3 is 2.45 bits per heavy atom. The van der Waals surface area contributed by atoms with Gasteiger partial charge in [0.15, 0.2) is 11.5 Å². The highest BCUT2D eigenvalue weighted by molar-refractivity contribution is 5.87. The van der Waals surface area contributed by atoms with Gasteiger partial charge in [0.05, 0.1) is 0 Å². The lowest BCUT2D eigenvalue weighted by Gasteiger charge is -2.29. The summed E-state index contributed by atoms with van der Waals surface area (Å²) in [4.78, 5) is 27.5. The molecule has 2 aromatic rings. The molecule has 0 fully saturated rings. The van der Waals surface area contributed by atoms with Crippen molar-refractivity contribution in [3.8, 4) is 11.5 Å². The summed E-state index contributed by atoms with van der Waals surface area (Å²) in [5.74, 6) is 1.26. The van der Waals surface area contributed by atoms with Crippen LogP contribution in [0, 0.1) is 6.92 Å². The lowest BCUT2D eigenvalue weighted by molar-refractivity contribution is -0.140. The van der Waals surface area contributed by atoms with Crippen molar-refractivity contribution in [3.05, 3.63) is 59.2 Å². The summed E-state index contributed by atoms with van der Waals surface area (Å²) in [7, 11) is 0. The molecule has 6 heteroatoms. The van der Waals surface area contributed by atoms with E-state index >= 15 is 0 Å². The van der Waals surface area contributed by atoms with E-state index in [1.165, 1.54) is 0 Å². The molecule has 0 saturated heterocycles. The van der Waals surface area contributed by atoms with Gasteiger partial charge in [-0.3, -0.25) is 9.59 Å². The summed E-state index contributed by atoms with van der Waals surface area (Å²) >= 11 is 0. The van der Waals surface area contributed by atoms with Crippen molar-refractivity contribution >= 4 is 11.8 Å². The van der Waals surface area contributed by atoms with Crippen molar-refractivity contribution in [3.63, 3.8) is 0 Å². The third-order valence-electron chi connectivity index (χ3n) is 5.27. The first-order valence-corrected chi connectivity index (χ1v) is 10.9. The first-order chi connectivity index (χ1) is 14.8. The van der Waals surface area contributed by atoms with Gasteiger partial charge in [-0.2, -0.15) is 0 Å². The molecule has 1 heterocycles. The smallest absolute Gasteiger partial charge is 0.242 e. The summed E-state index contributed by atoms with van der Waals surface area (Å²) in [5.41, 5.74) is 3.14. The summed E-state index contributed by atoms with van der Waals surface area (Å²) in [6.45, 7) is 9.12. The van der Waals surface area contributed by atoms with Crippen LogP contribution in [-0.4, -0.2) is 42.0 Å². The van der Waals surface area contributed by atoms with Gasteiger partial charge in [-0.1, -0.05) is 35.9 Å². The minimum atomic E-state index is -0.560. The second kappa shape index (κ2) is 10.3. The largest absolute Gasteiger partial charge is 0.486 e. The average Bonchev–Trinajstić information content (AvgIpc) is 2.74. The lowest BCUT2D eigenvalue weighted by Crippen LogP contribution is -2.49. The highest BCUT2D eigenvalue weighted by Gasteiger charge is 2.26. The van der Waals surface area contributed by atoms with E-state index in [4.69, 9.17) is 9.47 Å². The van der Waals surface area contributed by atoms with Gasteiger partial charge < -0.3 is 19.7 Å². The number of nitrogens with one attached hydrogen (secondary N) is 1. The minimum Gasteiger partial charge on any atom is -0.486 e. The molecule has 0 spiro atoms. The Morgan fingerprint density at radius 1 is 1.00 bits per heavy atom. The zero-order valence-electron chi connectivity index (χ0n) is 18.8. The average molecular weight is 425 g/mol. The maximum Gasteiger partial charge on any atom is 0.242 e. The van der Waals surface area contributed by atoms with E-state index in [-0.39, 0.29) is 17.9 Å². The van der Waals surface area contributed by atoms with Crippen LogP contribution in [0.1, 0.15) is 43.9 Å². The van der Waals surface area contributed by atoms with Crippen molar-refractivity contribution in [1.82, 2.24) is 10.2 Å². The maximum absolute atomic E-state index is 13.2. The van der Waals surface area contributed by atoms with Gasteiger partial charge in [-0.25, -0.2) is 0 Å². The number of rotatable bonds is 8. The second-order valence-electron chi connectivity index (χ2n) is 8.33. The molecule has 1 unspecified atom stereocenters. The first-order valence-electron chi connectivity index (χ1n) is 10.9. The van der Waals surface area contributed by atoms with Crippen LogP contribution in [0.2, 0.25) is 0 Å². The fraction of sp³-hybridized carbons (Fsp3) is 0.440. The standard InChI is InChI=1S/C25H32N2O4/c1-17(2)26-25(29)19(4)27(16-21-7-5-6-18(3)14-21)24(28)11-9-20-8-10-22-23(15-20)31-13-12-30-22/h5-8,10,14-15,17,19H,9,11-13,16H2,1-4H3,(H,26,29). The van der Waals surface area contributed by atoms with Gasteiger partial charge in [0.1, 0.15) is 19.3 Å². The second-order valence-corrected chi connectivity index (χ2v) is 8.33. The molecular formula is C25H32N2O4. The number of hydrogen-bond acceptors (Lipinski definition) is 4. The van der Waals surface area contributed by atoms with Crippen LogP contribution in [0.3, 0.4) is 0 Å². The summed E-state index contributed by atoms with van der Waals surface area (Å²) in [5, 5.41) is 2.92. The number of benzene rings is 2. The van der Waals surface area contributed by atoms with Crippen LogP contribution in [0.5, 0.6) is 11.5 Å². The Morgan fingerprint density at radius 2 is 1.74 bits per heavy atom. The molecule has 2 aromatic carbocycles. The molecular weight excluding hydrogens is 392 g/mol. The summed E-state index contributed by atoms with van der Waals surface area (Å²) in [6.07, 6.45) is 0.878. The highest BCUT2D eigenvalue weighted by atomic mass is 16.6. The third kappa shape index (κ3) is 6.23. The highest BCUT2D eigenvalue weighted by Crippen LogP contribution is 2.31. The van der Waals surface area contributed by atoms with Gasteiger partial charge in [-0.05, 0) is 57.4 Å². The van der Waals surface area contributed by atoms with Crippen LogP contribution in [-0.2, 0) is 22.6 Å². The molecule has 1 atom stereocenters. The predicted octanol–water partition coefficient (Wildman–Crippen LogP) is 3.64. The number of aryl methyl sites for hydroxylation is 2. The lowest BCUT2D eigenvalue weighted by atomic mass is 10.1. The monoisotopic (exact) mass is 424 g/mol. The number of carbonyl (C=O) groups excluding carboxylic acids is 2. The number of ether oxygens (including phenoxy) is 2. The third-order valence-corrected chi connectivity index (χ3v) is 5.27. The molecule has 1 aliphatic heterocycles. The SMILES string of the molecule is Cc1cccc(CN(C(=O)CCc2ccc3c(c2)OCCO3)C(C)C(=O)NC(C)C)c1. The predicted molar refractivity (Wildman–Crippen MR) is 120 cm³/mol. The van der Waals surface area contributed by atoms with E-state index in [1.807, 2.05) is 63.2 Å². The van der Waals surface area contributed by atoms with Crippen molar-refractivity contribution < 1.29 is 19.1 Å². The molecule has 166 valence electrons. The Balaban J connectivity index is 1.72. The van der Waals surface area contributed by atoms with E-state index in [0.29, 0.717) is 32.6 Å². The Kier molecular flexibility index (Phi) is 7.55. The molecule has 31 heavy (non-hydrogen) atoms. The zero-order chi connectivity index (χ0) is 22.4. The molecule has 0 aliphatic carbocycles. The quantitative estimate of drug-likeness (QED) is 0.703. The molecule has 3 rings (SSSR count). The molecule has 1 N–H and O–H groups in total. The van der Waals surface area contributed by atoms with Gasteiger partial charge in [0.25, 0.3) is 0 Å². The number of fused-ring (bicyclic) bond motifs is 1. The fourth-order valence-electron chi connectivity index (χ4n) is 3.63. The molecule has 0 saturated carbocycles. The van der Waals surface area contributed by atoms with Crippen LogP contribution in [0.25, 0.3) is 0 Å². The van der Waals surface area contributed by atoms with Crippen molar-refractivity contribution in [2.75, 3.05) is 13.2 Å². The summed E-state index contributed by atoms with van der Waals surface area (Å²) < 4.78 is 11.2. The van der Waals surface area contributed by atoms with Crippen LogP contribution in [0.4, 0.5) is 0 Å². The molecule has 6 nitrogen and oxygen atoms in total. The maximum atomic E-state index is 13.2. The normalized spacial score (nSPS) is 13.6. The fourth-order valence-corrected chi connectivity index (χ4v) is 3.63. The van der Waals surface area contributed by atoms with Crippen LogP contribution < -0.4 is 14.8 Å². The Bertz CT molecular complexity index is 925. The molecule has 0 bridgehead atoms. The van der Waals surface area contributed by atoms with Gasteiger partial charge >= 0.3 is 0 Å². The van der Waals surface area contributed by atoms with Gasteiger partial charge in [0, 0.05) is 19.0 Å². The number of hydrogen-bond donors (Lipinski definition) is 1. The van der Waals surface area contributed by atoms with Gasteiger partial charge in [0.2, 0.25) is 11.8 Å². The zero-order valence-corrected chi connectivity index (χ0v) is 18.8. The minimum absolute atomic E-state index is 0.0172. The molecule has 2 amide bonds. The van der Waals surface area contributed by atoms with Crippen molar-refractivity contribution in [2.45, 2.75) is 59.2 Å².